The highest BCUT2D eigenvalue weighted by Crippen LogP contribution is 2.22. The second-order valence-electron chi connectivity index (χ2n) is 4.34. The van der Waals surface area contributed by atoms with E-state index in [1.807, 2.05) is 0 Å². The molecule has 0 saturated carbocycles. The fourth-order valence-corrected chi connectivity index (χ4v) is 2.11. The van der Waals surface area contributed by atoms with Crippen LogP contribution in [0.1, 0.15) is 27.1 Å². The van der Waals surface area contributed by atoms with E-state index in [1.54, 1.807) is 24.3 Å². The maximum absolute atomic E-state index is 12.1. The normalized spacial score (nSPS) is 14.4. The topological polar surface area (TPSA) is 112 Å². The lowest BCUT2D eigenvalue weighted by Gasteiger charge is -2.15. The van der Waals surface area contributed by atoms with Gasteiger partial charge in [0.2, 0.25) is 0 Å². The molecule has 0 aliphatic carbocycles. The lowest BCUT2D eigenvalue weighted by Crippen LogP contribution is -2.34. The van der Waals surface area contributed by atoms with Crippen molar-refractivity contribution in [3.05, 3.63) is 45.8 Å². The van der Waals surface area contributed by atoms with Gasteiger partial charge in [-0.2, -0.15) is 0 Å². The van der Waals surface area contributed by atoms with E-state index < -0.39 is 23.8 Å². The third-order valence-electron chi connectivity index (χ3n) is 3.17. The maximum Gasteiger partial charge on any atom is 0.314 e. The molecule has 1 aromatic carbocycles. The summed E-state index contributed by atoms with van der Waals surface area (Å²) in [6, 6.07) is 5.42. The first-order valence-electron chi connectivity index (χ1n) is 6.17. The Morgan fingerprint density at radius 3 is 2.38 bits per heavy atom. The molecule has 0 radical (unpaired) electrons. The number of methoxy groups -OCH3 is 1. The number of benzene rings is 1. The molecule has 108 valence electrons. The number of carbonyl (C=O) groups excluding carboxylic acids is 3. The highest BCUT2D eigenvalue weighted by atomic mass is 16.5. The number of imide groups is 1. The van der Waals surface area contributed by atoms with E-state index in [2.05, 4.69) is 14.8 Å². The minimum atomic E-state index is -1.07. The van der Waals surface area contributed by atoms with E-state index in [4.69, 9.17) is 5.53 Å². The van der Waals surface area contributed by atoms with E-state index in [0.29, 0.717) is 11.1 Å². The zero-order chi connectivity index (χ0) is 15.4. The Labute approximate surface area is 119 Å². The van der Waals surface area contributed by atoms with Crippen LogP contribution in [0, 0.1) is 0 Å². The van der Waals surface area contributed by atoms with Gasteiger partial charge in [0, 0.05) is 11.5 Å². The summed E-state index contributed by atoms with van der Waals surface area (Å²) in [5.74, 6) is -1.54. The fraction of sp³-hybridized carbons (Fsp3) is 0.308. The molecule has 1 aliphatic rings. The van der Waals surface area contributed by atoms with E-state index in [9.17, 15) is 14.4 Å². The number of azide groups is 1. The van der Waals surface area contributed by atoms with Gasteiger partial charge in [0.25, 0.3) is 11.8 Å². The highest BCUT2D eigenvalue weighted by Gasteiger charge is 2.35. The van der Waals surface area contributed by atoms with Crippen LogP contribution in [0.15, 0.2) is 29.4 Å². The van der Waals surface area contributed by atoms with Gasteiger partial charge < -0.3 is 4.74 Å². The number of ether oxygens (including phenoxy) is 1. The summed E-state index contributed by atoms with van der Waals surface area (Å²) >= 11 is 0. The van der Waals surface area contributed by atoms with Gasteiger partial charge in [-0.05, 0) is 24.1 Å². The zero-order valence-corrected chi connectivity index (χ0v) is 11.2. The molecular weight excluding hydrogens is 276 g/mol. The number of rotatable bonds is 5. The molecule has 1 aliphatic heterocycles. The van der Waals surface area contributed by atoms with Gasteiger partial charge in [0.15, 0.2) is 0 Å². The van der Waals surface area contributed by atoms with Crippen molar-refractivity contribution in [1.82, 2.24) is 4.90 Å². The Hall–Kier alpha value is -2.86. The summed E-state index contributed by atoms with van der Waals surface area (Å²) in [6.07, 6.45) is 0.0161. The van der Waals surface area contributed by atoms with Crippen LogP contribution in [0.4, 0.5) is 0 Å². The summed E-state index contributed by atoms with van der Waals surface area (Å²) in [7, 11) is 1.17. The van der Waals surface area contributed by atoms with Gasteiger partial charge in [-0.25, -0.2) is 0 Å². The number of esters is 1. The molecule has 0 spiro atoms. The molecule has 0 fully saturated rings. The average molecular weight is 288 g/mol. The third kappa shape index (κ3) is 2.70. The third-order valence-corrected chi connectivity index (χ3v) is 3.17. The van der Waals surface area contributed by atoms with Crippen LogP contribution < -0.4 is 0 Å². The van der Waals surface area contributed by atoms with Crippen molar-refractivity contribution < 1.29 is 19.1 Å². The minimum Gasteiger partial charge on any atom is -0.469 e. The van der Waals surface area contributed by atoms with Gasteiger partial charge in [-0.1, -0.05) is 17.2 Å². The first-order chi connectivity index (χ1) is 10.1. The van der Waals surface area contributed by atoms with Gasteiger partial charge in [-0.15, -0.1) is 0 Å². The first kappa shape index (κ1) is 14.5. The van der Waals surface area contributed by atoms with E-state index in [0.717, 1.165) is 4.90 Å². The fourth-order valence-electron chi connectivity index (χ4n) is 2.11. The Morgan fingerprint density at radius 1 is 1.33 bits per heavy atom. The number of nitrogens with zero attached hydrogens (tertiary/aromatic N) is 4. The lowest BCUT2D eigenvalue weighted by atomic mass is 10.1. The molecule has 1 heterocycles. The van der Waals surface area contributed by atoms with Crippen LogP contribution in [0.3, 0.4) is 0 Å². The summed E-state index contributed by atoms with van der Waals surface area (Å²) in [6.45, 7) is -0.0227. The monoisotopic (exact) mass is 288 g/mol. The standard InChI is InChI=1S/C13H12N4O4/c1-21-13(20)10(15-16-14)6-7-17-11(18)8-4-2-3-5-9(8)12(17)19/h2-5,10H,6-7H2,1H3. The first-order valence-corrected chi connectivity index (χ1v) is 6.17. The van der Waals surface area contributed by atoms with Crippen molar-refractivity contribution in [3.63, 3.8) is 0 Å². The summed E-state index contributed by atoms with van der Waals surface area (Å²) in [5.41, 5.74) is 9.09. The molecule has 8 nitrogen and oxygen atoms in total. The van der Waals surface area contributed by atoms with Gasteiger partial charge in [-0.3, -0.25) is 19.3 Å². The van der Waals surface area contributed by atoms with Crippen molar-refractivity contribution in [2.45, 2.75) is 12.5 Å². The Balaban J connectivity index is 2.11. The Morgan fingerprint density at radius 2 is 1.90 bits per heavy atom. The van der Waals surface area contributed by atoms with Crippen LogP contribution in [0.2, 0.25) is 0 Å². The molecule has 0 saturated heterocycles. The summed E-state index contributed by atoms with van der Waals surface area (Å²) in [5, 5.41) is 3.31. The molecule has 2 amide bonds. The molecule has 1 atom stereocenters. The molecule has 2 rings (SSSR count). The van der Waals surface area contributed by atoms with Crippen LogP contribution in [0.5, 0.6) is 0 Å². The molecule has 8 heteroatoms. The van der Waals surface area contributed by atoms with Crippen LogP contribution in [0.25, 0.3) is 10.4 Å². The number of hydrogen-bond donors (Lipinski definition) is 0. The van der Waals surface area contributed by atoms with Crippen molar-refractivity contribution in [2.24, 2.45) is 5.11 Å². The van der Waals surface area contributed by atoms with Gasteiger partial charge >= 0.3 is 5.97 Å². The van der Waals surface area contributed by atoms with Gasteiger partial charge in [0.1, 0.15) is 6.04 Å². The van der Waals surface area contributed by atoms with Crippen LogP contribution in [-0.4, -0.2) is 42.4 Å². The van der Waals surface area contributed by atoms with Crippen LogP contribution in [-0.2, 0) is 9.53 Å². The number of amides is 2. The zero-order valence-electron chi connectivity index (χ0n) is 11.2. The highest BCUT2D eigenvalue weighted by molar-refractivity contribution is 6.21. The van der Waals surface area contributed by atoms with E-state index >= 15 is 0 Å². The smallest absolute Gasteiger partial charge is 0.314 e. The lowest BCUT2D eigenvalue weighted by molar-refractivity contribution is -0.142. The predicted octanol–water partition coefficient (Wildman–Crippen LogP) is 1.52. The molecule has 0 N–H and O–H groups in total. The maximum atomic E-state index is 12.1. The van der Waals surface area contributed by atoms with E-state index in [-0.39, 0.29) is 13.0 Å². The molecule has 0 bridgehead atoms. The largest absolute Gasteiger partial charge is 0.469 e. The molecule has 1 unspecified atom stereocenters. The van der Waals surface area contributed by atoms with Gasteiger partial charge in [0.05, 0.1) is 18.2 Å². The second-order valence-corrected chi connectivity index (χ2v) is 4.34. The summed E-state index contributed by atoms with van der Waals surface area (Å²) in [4.78, 5) is 39.2. The quantitative estimate of drug-likeness (QED) is 0.269. The van der Waals surface area contributed by atoms with Crippen LogP contribution >= 0.6 is 0 Å². The van der Waals surface area contributed by atoms with Crippen molar-refractivity contribution >= 4 is 17.8 Å². The predicted molar refractivity (Wildman–Crippen MR) is 71.4 cm³/mol. The van der Waals surface area contributed by atoms with Crippen molar-refractivity contribution in [3.8, 4) is 0 Å². The molecule has 0 aromatic heterocycles. The summed E-state index contributed by atoms with van der Waals surface area (Å²) < 4.78 is 4.50. The Kier molecular flexibility index (Phi) is 4.20. The number of fused-ring (bicyclic) bond motifs is 1. The average Bonchev–Trinajstić information content (AvgIpc) is 2.75. The molecule has 1 aromatic rings. The van der Waals surface area contributed by atoms with Crippen molar-refractivity contribution in [2.75, 3.05) is 13.7 Å². The second kappa shape index (κ2) is 6.06. The molecule has 21 heavy (non-hydrogen) atoms. The van der Waals surface area contributed by atoms with Crippen molar-refractivity contribution in [1.29, 1.82) is 0 Å². The minimum absolute atomic E-state index is 0.0161. The number of carbonyl (C=O) groups is 3. The molecular formula is C13H12N4O4. The Bertz CT molecular complexity index is 616. The van der Waals surface area contributed by atoms with E-state index in [1.165, 1.54) is 7.11 Å². The number of hydrogen-bond acceptors (Lipinski definition) is 5. The SMILES string of the molecule is COC(=O)C(CCN1C(=O)c2ccccc2C1=O)N=[N+]=[N-].